The van der Waals surface area contributed by atoms with Gasteiger partial charge in [-0.25, -0.2) is 8.42 Å². The van der Waals surface area contributed by atoms with Gasteiger partial charge in [-0.05, 0) is 48.2 Å². The molecule has 1 aliphatic heterocycles. The molecule has 0 N–H and O–H groups in total. The zero-order valence-electron chi connectivity index (χ0n) is 14.6. The first-order valence-corrected chi connectivity index (χ1v) is 10.5. The second kappa shape index (κ2) is 6.29. The second-order valence-electron chi connectivity index (χ2n) is 6.72. The summed E-state index contributed by atoms with van der Waals surface area (Å²) in [6.45, 7) is 2.13. The van der Waals surface area contributed by atoms with Crippen LogP contribution in [-0.4, -0.2) is 36.6 Å². The summed E-state index contributed by atoms with van der Waals surface area (Å²) in [6.07, 6.45) is 2.05. The van der Waals surface area contributed by atoms with E-state index in [0.717, 1.165) is 24.9 Å². The van der Waals surface area contributed by atoms with Gasteiger partial charge in [-0.15, -0.1) is 0 Å². The van der Waals surface area contributed by atoms with Gasteiger partial charge in [0.1, 0.15) is 0 Å². The molecule has 1 aliphatic rings. The Labute approximate surface area is 152 Å². The van der Waals surface area contributed by atoms with Crippen molar-refractivity contribution in [3.63, 3.8) is 0 Å². The van der Waals surface area contributed by atoms with E-state index in [4.69, 9.17) is 0 Å². The largest absolute Gasteiger partial charge is 0.343 e. The van der Waals surface area contributed by atoms with E-state index in [2.05, 4.69) is 22.8 Å². The minimum atomic E-state index is -3.26. The van der Waals surface area contributed by atoms with Gasteiger partial charge in [-0.3, -0.25) is 4.79 Å². The normalized spacial score (nSPS) is 14.9. The highest BCUT2D eigenvalue weighted by Gasteiger charge is 2.22. The molecule has 6 heteroatoms. The number of benzene rings is 2. The number of carbonyl (C=O) groups excluding carboxylic acids is 1. The summed E-state index contributed by atoms with van der Waals surface area (Å²) in [5.74, 6) is -0.0660. The minimum absolute atomic E-state index is 0.0660. The van der Waals surface area contributed by atoms with Crippen LogP contribution in [0.5, 0.6) is 0 Å². The standard InChI is InChI=1S/C20H20N2O3S/c1-26(24,25)18-9-7-15(8-10-18)20(23)21-11-4-12-22-17(14-21)13-16-5-2-3-6-19(16)22/h2-3,5-10,13H,4,11-12,14H2,1H3. The molecule has 0 unspecified atom stereocenters. The molecule has 134 valence electrons. The first-order chi connectivity index (χ1) is 12.4. The van der Waals surface area contributed by atoms with E-state index in [-0.39, 0.29) is 10.8 Å². The van der Waals surface area contributed by atoms with Gasteiger partial charge in [-0.1, -0.05) is 18.2 Å². The van der Waals surface area contributed by atoms with Crippen molar-refractivity contribution in [2.75, 3.05) is 12.8 Å². The summed E-state index contributed by atoms with van der Waals surface area (Å²) < 4.78 is 25.5. The van der Waals surface area contributed by atoms with E-state index >= 15 is 0 Å². The Balaban J connectivity index is 1.62. The van der Waals surface area contributed by atoms with Crippen molar-refractivity contribution < 1.29 is 13.2 Å². The van der Waals surface area contributed by atoms with Crippen LogP contribution in [-0.2, 0) is 22.9 Å². The van der Waals surface area contributed by atoms with E-state index < -0.39 is 9.84 Å². The molecule has 2 heterocycles. The first kappa shape index (κ1) is 16.8. The van der Waals surface area contributed by atoms with E-state index in [1.54, 1.807) is 12.1 Å². The van der Waals surface area contributed by atoms with E-state index in [1.165, 1.54) is 23.0 Å². The molecule has 0 aliphatic carbocycles. The summed E-state index contributed by atoms with van der Waals surface area (Å²) in [6, 6.07) is 16.6. The summed E-state index contributed by atoms with van der Waals surface area (Å²) in [7, 11) is -3.26. The van der Waals surface area contributed by atoms with Gasteiger partial charge >= 0.3 is 0 Å². The Bertz CT molecular complexity index is 1080. The minimum Gasteiger partial charge on any atom is -0.343 e. The fraction of sp³-hybridized carbons (Fsp3) is 0.250. The van der Waals surface area contributed by atoms with Crippen LogP contribution in [0.3, 0.4) is 0 Å². The maximum atomic E-state index is 12.9. The molecule has 0 spiro atoms. The lowest BCUT2D eigenvalue weighted by molar-refractivity contribution is 0.0745. The first-order valence-electron chi connectivity index (χ1n) is 8.60. The van der Waals surface area contributed by atoms with Crippen molar-refractivity contribution >= 4 is 26.6 Å². The lowest BCUT2D eigenvalue weighted by Crippen LogP contribution is -2.30. The number of nitrogens with zero attached hydrogens (tertiary/aromatic N) is 2. The topological polar surface area (TPSA) is 59.4 Å². The van der Waals surface area contributed by atoms with Gasteiger partial charge in [0, 0.05) is 36.1 Å². The monoisotopic (exact) mass is 368 g/mol. The number of hydrogen-bond acceptors (Lipinski definition) is 3. The molecule has 0 fully saturated rings. The molecule has 1 amide bonds. The smallest absolute Gasteiger partial charge is 0.254 e. The number of fused-ring (bicyclic) bond motifs is 3. The van der Waals surface area contributed by atoms with Crippen LogP contribution in [0.4, 0.5) is 0 Å². The van der Waals surface area contributed by atoms with E-state index in [0.29, 0.717) is 18.7 Å². The number of hydrogen-bond donors (Lipinski definition) is 0. The molecular formula is C20H20N2O3S. The van der Waals surface area contributed by atoms with Crippen molar-refractivity contribution in [1.29, 1.82) is 0 Å². The summed E-state index contributed by atoms with van der Waals surface area (Å²) in [4.78, 5) is 15.0. The highest BCUT2D eigenvalue weighted by Crippen LogP contribution is 2.24. The number of rotatable bonds is 2. The maximum Gasteiger partial charge on any atom is 0.254 e. The highest BCUT2D eigenvalue weighted by atomic mass is 32.2. The fourth-order valence-corrected chi connectivity index (χ4v) is 4.19. The quantitative estimate of drug-likeness (QED) is 0.698. The zero-order valence-corrected chi connectivity index (χ0v) is 15.4. The zero-order chi connectivity index (χ0) is 18.3. The Hall–Kier alpha value is -2.60. The third kappa shape index (κ3) is 3.01. The molecule has 0 radical (unpaired) electrons. The number of aromatic nitrogens is 1. The van der Waals surface area contributed by atoms with Crippen LogP contribution < -0.4 is 0 Å². The SMILES string of the molecule is CS(=O)(=O)c1ccc(C(=O)N2CCCn3c(cc4ccccc43)C2)cc1. The number of carbonyl (C=O) groups is 1. The van der Waals surface area contributed by atoms with Crippen molar-refractivity contribution in [3.8, 4) is 0 Å². The number of sulfone groups is 1. The van der Waals surface area contributed by atoms with Crippen LogP contribution in [0.1, 0.15) is 22.5 Å². The van der Waals surface area contributed by atoms with Crippen molar-refractivity contribution in [1.82, 2.24) is 9.47 Å². The van der Waals surface area contributed by atoms with Gasteiger partial charge < -0.3 is 9.47 Å². The number of para-hydroxylation sites is 1. The van der Waals surface area contributed by atoms with E-state index in [1.807, 2.05) is 17.0 Å². The van der Waals surface area contributed by atoms with Crippen molar-refractivity contribution in [3.05, 3.63) is 65.9 Å². The molecular weight excluding hydrogens is 348 g/mol. The molecule has 0 saturated heterocycles. The van der Waals surface area contributed by atoms with Gasteiger partial charge in [-0.2, -0.15) is 0 Å². The van der Waals surface area contributed by atoms with Crippen molar-refractivity contribution in [2.24, 2.45) is 0 Å². The van der Waals surface area contributed by atoms with Gasteiger partial charge in [0.25, 0.3) is 5.91 Å². The molecule has 4 rings (SSSR count). The third-order valence-electron chi connectivity index (χ3n) is 4.88. The number of amides is 1. The lowest BCUT2D eigenvalue weighted by Gasteiger charge is -2.20. The van der Waals surface area contributed by atoms with Crippen LogP contribution in [0.2, 0.25) is 0 Å². The molecule has 0 bridgehead atoms. The Morgan fingerprint density at radius 3 is 2.46 bits per heavy atom. The second-order valence-corrected chi connectivity index (χ2v) is 8.74. The van der Waals surface area contributed by atoms with Gasteiger partial charge in [0.05, 0.1) is 11.4 Å². The molecule has 0 saturated carbocycles. The highest BCUT2D eigenvalue weighted by molar-refractivity contribution is 7.90. The van der Waals surface area contributed by atoms with Crippen LogP contribution in [0.25, 0.3) is 10.9 Å². The Morgan fingerprint density at radius 1 is 1.00 bits per heavy atom. The van der Waals surface area contributed by atoms with Crippen molar-refractivity contribution in [2.45, 2.75) is 24.4 Å². The molecule has 2 aromatic carbocycles. The molecule has 1 aromatic heterocycles. The van der Waals surface area contributed by atoms with E-state index in [9.17, 15) is 13.2 Å². The summed E-state index contributed by atoms with van der Waals surface area (Å²) >= 11 is 0. The Kier molecular flexibility index (Phi) is 4.07. The van der Waals surface area contributed by atoms with Gasteiger partial charge in [0.15, 0.2) is 9.84 Å². The fourth-order valence-electron chi connectivity index (χ4n) is 3.56. The molecule has 3 aromatic rings. The third-order valence-corrected chi connectivity index (χ3v) is 6.00. The number of aryl methyl sites for hydroxylation is 1. The predicted molar refractivity (Wildman–Crippen MR) is 101 cm³/mol. The average molecular weight is 368 g/mol. The summed E-state index contributed by atoms with van der Waals surface area (Å²) in [5.41, 5.74) is 2.85. The molecule has 0 atom stereocenters. The van der Waals surface area contributed by atoms with Crippen LogP contribution in [0, 0.1) is 0 Å². The molecule has 26 heavy (non-hydrogen) atoms. The van der Waals surface area contributed by atoms with Gasteiger partial charge in [0.2, 0.25) is 0 Å². The maximum absolute atomic E-state index is 12.9. The lowest BCUT2D eigenvalue weighted by atomic mass is 10.2. The summed E-state index contributed by atoms with van der Waals surface area (Å²) in [5, 5.41) is 1.19. The van der Waals surface area contributed by atoms with Crippen LogP contribution in [0.15, 0.2) is 59.5 Å². The van der Waals surface area contributed by atoms with Crippen LogP contribution >= 0.6 is 0 Å². The Morgan fingerprint density at radius 2 is 1.73 bits per heavy atom. The molecule has 5 nitrogen and oxygen atoms in total. The predicted octanol–water partition coefficient (Wildman–Crippen LogP) is 3.09. The average Bonchev–Trinajstić information content (AvgIpc) is 2.83.